The van der Waals surface area contributed by atoms with Crippen LogP contribution in [-0.2, 0) is 11.2 Å². The molecular weight excluding hydrogens is 470 g/mol. The smallest absolute Gasteiger partial charge is 0.284 e. The molecule has 35 heavy (non-hydrogen) atoms. The predicted molar refractivity (Wildman–Crippen MR) is 132 cm³/mol. The molecule has 0 radical (unpaired) electrons. The Morgan fingerprint density at radius 3 is 2.77 bits per heavy atom. The summed E-state index contributed by atoms with van der Waals surface area (Å²) >= 11 is 1.28. The molecule has 0 atom stereocenters. The van der Waals surface area contributed by atoms with Crippen LogP contribution in [0.3, 0.4) is 0 Å². The predicted octanol–water partition coefficient (Wildman–Crippen LogP) is 5.77. The molecule has 1 amide bonds. The molecule has 0 unspecified atom stereocenters. The first-order valence-corrected chi connectivity index (χ1v) is 11.9. The third-order valence-corrected chi connectivity index (χ3v) is 6.03. The van der Waals surface area contributed by atoms with Gasteiger partial charge in [0.05, 0.1) is 23.7 Å². The van der Waals surface area contributed by atoms with Gasteiger partial charge in [-0.15, -0.1) is 10.2 Å². The molecule has 0 aliphatic rings. The van der Waals surface area contributed by atoms with Crippen LogP contribution in [0.25, 0.3) is 17.4 Å². The van der Waals surface area contributed by atoms with E-state index in [2.05, 4.69) is 22.4 Å². The maximum atomic E-state index is 12.6. The number of carbonyl (C=O) groups is 1. The second kappa shape index (κ2) is 12.4. The Morgan fingerprint density at radius 1 is 1.26 bits per heavy atom. The number of nitro groups is 1. The molecule has 0 aliphatic carbocycles. The fraction of sp³-hybridized carbons (Fsp3) is 0.333. The van der Waals surface area contributed by atoms with E-state index in [1.165, 1.54) is 68.1 Å². The van der Waals surface area contributed by atoms with Gasteiger partial charge in [0.1, 0.15) is 33.9 Å². The van der Waals surface area contributed by atoms with Gasteiger partial charge in [-0.25, -0.2) is 0 Å². The number of methoxy groups -OCH3 is 1. The molecule has 1 aromatic carbocycles. The third-order valence-electron chi connectivity index (χ3n) is 5.13. The molecule has 11 heteroatoms. The van der Waals surface area contributed by atoms with E-state index in [0.29, 0.717) is 10.9 Å². The molecule has 0 bridgehead atoms. The summed E-state index contributed by atoms with van der Waals surface area (Å²) in [6.07, 6.45) is 7.80. The maximum absolute atomic E-state index is 12.6. The van der Waals surface area contributed by atoms with E-state index < -0.39 is 10.8 Å². The SMILES string of the molecule is CCCCCCCc1nnc(NC(=O)/C(C#N)=C\c2ccc(-c3ccc(OC)cc3[N+](=O)[O-])o2)s1. The second-order valence-electron chi connectivity index (χ2n) is 7.63. The molecule has 10 nitrogen and oxygen atoms in total. The molecule has 0 spiro atoms. The number of rotatable bonds is 12. The number of nitro benzene ring substituents is 1. The highest BCUT2D eigenvalue weighted by atomic mass is 32.1. The molecular formula is C24H25N5O5S. The summed E-state index contributed by atoms with van der Waals surface area (Å²) in [5.41, 5.74) is -0.147. The maximum Gasteiger partial charge on any atom is 0.284 e. The molecule has 3 rings (SSSR count). The minimum atomic E-state index is -0.647. The number of anilines is 1. The van der Waals surface area contributed by atoms with Crippen molar-refractivity contribution < 1.29 is 18.9 Å². The number of unbranched alkanes of at least 4 members (excludes halogenated alkanes) is 4. The molecule has 1 N–H and O–H groups in total. The zero-order valence-electron chi connectivity index (χ0n) is 19.4. The van der Waals surface area contributed by atoms with Crippen molar-refractivity contribution in [3.8, 4) is 23.1 Å². The number of nitrogens with zero attached hydrogens (tertiary/aromatic N) is 4. The Bertz CT molecular complexity index is 1260. The van der Waals surface area contributed by atoms with Gasteiger partial charge in [-0.3, -0.25) is 20.2 Å². The van der Waals surface area contributed by atoms with Crippen LogP contribution in [-0.4, -0.2) is 28.1 Å². The van der Waals surface area contributed by atoms with E-state index in [4.69, 9.17) is 9.15 Å². The van der Waals surface area contributed by atoms with Gasteiger partial charge in [0.2, 0.25) is 5.13 Å². The lowest BCUT2D eigenvalue weighted by Gasteiger charge is -2.03. The van der Waals surface area contributed by atoms with Gasteiger partial charge in [-0.1, -0.05) is 43.9 Å². The van der Waals surface area contributed by atoms with Crippen molar-refractivity contribution in [1.82, 2.24) is 10.2 Å². The van der Waals surface area contributed by atoms with Gasteiger partial charge in [-0.2, -0.15) is 5.26 Å². The number of amides is 1. The summed E-state index contributed by atoms with van der Waals surface area (Å²) in [7, 11) is 1.42. The molecule has 2 aromatic heterocycles. The van der Waals surface area contributed by atoms with Crippen molar-refractivity contribution in [1.29, 1.82) is 5.26 Å². The number of aryl methyl sites for hydroxylation is 1. The van der Waals surface area contributed by atoms with Crippen molar-refractivity contribution in [3.05, 3.63) is 56.8 Å². The fourth-order valence-corrected chi connectivity index (χ4v) is 4.09. The summed E-state index contributed by atoms with van der Waals surface area (Å²) in [4.78, 5) is 23.5. The van der Waals surface area contributed by atoms with E-state index in [9.17, 15) is 20.2 Å². The van der Waals surface area contributed by atoms with Crippen LogP contribution in [0.4, 0.5) is 10.8 Å². The van der Waals surface area contributed by atoms with Crippen LogP contribution in [0.5, 0.6) is 5.75 Å². The van der Waals surface area contributed by atoms with Crippen LogP contribution < -0.4 is 10.1 Å². The number of nitriles is 1. The van der Waals surface area contributed by atoms with Crippen LogP contribution in [0.2, 0.25) is 0 Å². The number of furan rings is 1. The highest BCUT2D eigenvalue weighted by Crippen LogP contribution is 2.34. The molecule has 0 aliphatic heterocycles. The normalized spacial score (nSPS) is 11.2. The van der Waals surface area contributed by atoms with Crippen molar-refractivity contribution in [2.45, 2.75) is 45.4 Å². The number of benzene rings is 1. The van der Waals surface area contributed by atoms with Gasteiger partial charge in [0.15, 0.2) is 0 Å². The van der Waals surface area contributed by atoms with Crippen molar-refractivity contribution >= 4 is 34.1 Å². The highest BCUT2D eigenvalue weighted by Gasteiger charge is 2.20. The first-order chi connectivity index (χ1) is 16.9. The summed E-state index contributed by atoms with van der Waals surface area (Å²) < 4.78 is 10.7. The van der Waals surface area contributed by atoms with E-state index in [1.807, 2.05) is 6.07 Å². The molecule has 0 fully saturated rings. The van der Waals surface area contributed by atoms with E-state index >= 15 is 0 Å². The van der Waals surface area contributed by atoms with Crippen LogP contribution in [0.15, 0.2) is 40.3 Å². The van der Waals surface area contributed by atoms with Crippen molar-refractivity contribution in [2.75, 3.05) is 12.4 Å². The zero-order chi connectivity index (χ0) is 25.2. The minimum Gasteiger partial charge on any atom is -0.497 e. The van der Waals surface area contributed by atoms with Crippen LogP contribution in [0.1, 0.15) is 49.8 Å². The van der Waals surface area contributed by atoms with Gasteiger partial charge in [-0.05, 0) is 30.7 Å². The largest absolute Gasteiger partial charge is 0.497 e. The number of hydrogen-bond acceptors (Lipinski definition) is 9. The fourth-order valence-electron chi connectivity index (χ4n) is 3.31. The molecule has 2 heterocycles. The summed E-state index contributed by atoms with van der Waals surface area (Å²) in [5, 5.41) is 32.7. The topological polar surface area (TPSA) is 144 Å². The quantitative estimate of drug-likeness (QED) is 0.110. The van der Waals surface area contributed by atoms with Gasteiger partial charge >= 0.3 is 0 Å². The first kappa shape index (κ1) is 25.6. The minimum absolute atomic E-state index is 0.190. The lowest BCUT2D eigenvalue weighted by molar-refractivity contribution is -0.384. The molecule has 182 valence electrons. The average Bonchev–Trinajstić information content (AvgIpc) is 3.51. The average molecular weight is 496 g/mol. The Balaban J connectivity index is 1.69. The Hall–Kier alpha value is -4.04. The van der Waals surface area contributed by atoms with E-state index in [1.54, 1.807) is 6.07 Å². The Labute approximate surface area is 206 Å². The molecule has 3 aromatic rings. The second-order valence-corrected chi connectivity index (χ2v) is 8.69. The highest BCUT2D eigenvalue weighted by molar-refractivity contribution is 7.15. The lowest BCUT2D eigenvalue weighted by Crippen LogP contribution is -2.13. The van der Waals surface area contributed by atoms with Gasteiger partial charge < -0.3 is 9.15 Å². The first-order valence-electron chi connectivity index (χ1n) is 11.1. The summed E-state index contributed by atoms with van der Waals surface area (Å²) in [6.45, 7) is 2.17. The van der Waals surface area contributed by atoms with Gasteiger partial charge in [0, 0.05) is 12.5 Å². The number of ether oxygens (including phenoxy) is 1. The van der Waals surface area contributed by atoms with E-state index in [0.717, 1.165) is 24.3 Å². The van der Waals surface area contributed by atoms with Crippen LogP contribution in [0, 0.1) is 21.4 Å². The van der Waals surface area contributed by atoms with Gasteiger partial charge in [0.25, 0.3) is 11.6 Å². The summed E-state index contributed by atoms with van der Waals surface area (Å²) in [6, 6.07) is 9.29. The zero-order valence-corrected chi connectivity index (χ0v) is 20.3. The standard InChI is InChI=1S/C24H25N5O5S/c1-3-4-5-6-7-8-22-27-28-24(35-22)26-23(30)16(15-25)13-18-10-12-21(34-18)19-11-9-17(33-2)14-20(19)29(31)32/h9-14H,3-8H2,1-2H3,(H,26,28,30)/b16-13-. The number of carbonyl (C=O) groups excluding carboxylic acids is 1. The lowest BCUT2D eigenvalue weighted by atomic mass is 10.1. The third kappa shape index (κ3) is 6.97. The monoisotopic (exact) mass is 495 g/mol. The number of nitrogens with one attached hydrogen (secondary N) is 1. The Kier molecular flexibility index (Phi) is 9.09. The van der Waals surface area contributed by atoms with E-state index in [-0.39, 0.29) is 28.3 Å². The Morgan fingerprint density at radius 2 is 2.06 bits per heavy atom. The van der Waals surface area contributed by atoms with Crippen molar-refractivity contribution in [3.63, 3.8) is 0 Å². The van der Waals surface area contributed by atoms with Crippen LogP contribution >= 0.6 is 11.3 Å². The summed E-state index contributed by atoms with van der Waals surface area (Å²) in [5.74, 6) is 0.108. The molecule has 0 saturated carbocycles. The number of hydrogen-bond donors (Lipinski definition) is 1. The number of aromatic nitrogens is 2. The molecule has 0 saturated heterocycles. The van der Waals surface area contributed by atoms with Crippen molar-refractivity contribution in [2.24, 2.45) is 0 Å².